The summed E-state index contributed by atoms with van der Waals surface area (Å²) >= 11 is 0. The zero-order valence-electron chi connectivity index (χ0n) is 25.2. The van der Waals surface area contributed by atoms with Gasteiger partial charge in [-0.15, -0.1) is 0 Å². The molecule has 6 aliphatic carbocycles. The lowest BCUT2D eigenvalue weighted by Crippen LogP contribution is -2.72. The van der Waals surface area contributed by atoms with Crippen molar-refractivity contribution in [1.29, 1.82) is 0 Å². The molecule has 12 nitrogen and oxygen atoms in total. The van der Waals surface area contributed by atoms with Crippen LogP contribution in [0.3, 0.4) is 0 Å². The van der Waals surface area contributed by atoms with E-state index in [1.54, 1.807) is 0 Å². The maximum absolute atomic E-state index is 13.8. The molecular formula is C34H33N3O9. The van der Waals surface area contributed by atoms with Crippen LogP contribution in [0.25, 0.3) is 0 Å². The number of benzene rings is 2. The zero-order valence-corrected chi connectivity index (χ0v) is 25.2. The number of rotatable bonds is 6. The van der Waals surface area contributed by atoms with E-state index >= 15 is 0 Å². The summed E-state index contributed by atoms with van der Waals surface area (Å²) < 4.78 is 12.8. The van der Waals surface area contributed by atoms with Crippen LogP contribution >= 0.6 is 0 Å². The second-order valence-electron chi connectivity index (χ2n) is 15.1. The number of hydrogen-bond acceptors (Lipinski definition) is 10. The maximum atomic E-state index is 13.8. The second-order valence-corrected chi connectivity index (χ2v) is 15.1. The number of aliphatic hydroxyl groups is 1. The summed E-state index contributed by atoms with van der Waals surface area (Å²) in [5, 5.41) is 35.5. The molecule has 0 radical (unpaired) electrons. The van der Waals surface area contributed by atoms with Crippen molar-refractivity contribution in [2.45, 2.75) is 63.0 Å². The van der Waals surface area contributed by atoms with Gasteiger partial charge in [0.05, 0.1) is 21.0 Å². The van der Waals surface area contributed by atoms with E-state index < -0.39 is 45.1 Å². The summed E-state index contributed by atoms with van der Waals surface area (Å²) in [6, 6.07) is 11.0. The summed E-state index contributed by atoms with van der Waals surface area (Å²) in [6.07, 6.45) is 2.45. The van der Waals surface area contributed by atoms with Crippen LogP contribution in [-0.2, 0) is 9.47 Å². The molecule has 9 fully saturated rings. The Balaban J connectivity index is 1.16. The predicted octanol–water partition coefficient (Wildman–Crippen LogP) is 4.66. The molecule has 2 unspecified atom stereocenters. The van der Waals surface area contributed by atoms with Crippen LogP contribution in [-0.4, -0.2) is 62.3 Å². The van der Waals surface area contributed by atoms with E-state index in [1.807, 2.05) is 0 Å². The van der Waals surface area contributed by atoms with E-state index in [1.165, 1.54) is 48.5 Å². The molecule has 238 valence electrons. The van der Waals surface area contributed by atoms with Gasteiger partial charge < -0.3 is 14.6 Å². The lowest BCUT2D eigenvalue weighted by Gasteiger charge is -2.68. The Bertz CT molecular complexity index is 1810. The van der Waals surface area contributed by atoms with E-state index in [2.05, 4.69) is 18.4 Å². The topological polar surface area (TPSA) is 162 Å². The third kappa shape index (κ3) is 3.03. The van der Waals surface area contributed by atoms with Crippen molar-refractivity contribution in [1.82, 2.24) is 4.90 Å². The lowest BCUT2D eigenvalue weighted by molar-refractivity contribution is -0.385. The van der Waals surface area contributed by atoms with Crippen molar-refractivity contribution in [2.24, 2.45) is 39.9 Å². The van der Waals surface area contributed by atoms with Gasteiger partial charge in [0, 0.05) is 71.9 Å². The molecule has 9 aliphatic rings. The van der Waals surface area contributed by atoms with Crippen LogP contribution in [0.15, 0.2) is 60.7 Å². The molecule has 2 aromatic rings. The molecular weight excluding hydrogens is 594 g/mol. The van der Waals surface area contributed by atoms with Crippen molar-refractivity contribution in [3.05, 3.63) is 92.0 Å². The largest absolute Gasteiger partial charge is 0.458 e. The highest BCUT2D eigenvalue weighted by molar-refractivity contribution is 5.91. The normalized spacial score (nSPS) is 44.7. The first-order valence-corrected chi connectivity index (χ1v) is 16.0. The number of fused-ring (bicyclic) bond motifs is 1. The van der Waals surface area contributed by atoms with Crippen molar-refractivity contribution in [2.75, 3.05) is 6.54 Å². The minimum absolute atomic E-state index is 0.0331. The third-order valence-corrected chi connectivity index (χ3v) is 13.4. The van der Waals surface area contributed by atoms with Crippen LogP contribution in [0.1, 0.15) is 59.7 Å². The van der Waals surface area contributed by atoms with Gasteiger partial charge in [0.1, 0.15) is 17.9 Å². The van der Waals surface area contributed by atoms with Crippen molar-refractivity contribution in [3.63, 3.8) is 0 Å². The van der Waals surface area contributed by atoms with Gasteiger partial charge in [-0.3, -0.25) is 25.1 Å². The summed E-state index contributed by atoms with van der Waals surface area (Å²) in [7, 11) is 0. The average molecular weight is 628 g/mol. The quantitative estimate of drug-likeness (QED) is 0.206. The Morgan fingerprint density at radius 3 is 2.24 bits per heavy atom. The van der Waals surface area contributed by atoms with Gasteiger partial charge in [-0.25, -0.2) is 9.59 Å². The fraction of sp³-hybridized carbons (Fsp3) is 0.529. The SMILES string of the molecule is C=C1[C@H]2C[C@@H]3C4N5C[C@]6(C)CCC[C@@]47[C@@H]6[C@@]5(O)C[C@]3([C@@H]1OC(=O)c1cccc([N+](=O)[O-])c1)[C@H]7[C@H]2OC(=O)c1cccc([N+](=O)[O-])c1. The molecule has 6 saturated carbocycles. The Labute approximate surface area is 263 Å². The zero-order chi connectivity index (χ0) is 32.1. The van der Waals surface area contributed by atoms with Crippen molar-refractivity contribution >= 4 is 23.3 Å². The fourth-order valence-electron chi connectivity index (χ4n) is 12.7. The molecule has 3 heterocycles. The molecule has 2 aromatic carbocycles. The number of piperidine rings is 2. The Morgan fingerprint density at radius 1 is 0.978 bits per heavy atom. The molecule has 0 amide bonds. The summed E-state index contributed by atoms with van der Waals surface area (Å²) in [5.74, 6) is -1.88. The highest BCUT2D eigenvalue weighted by Crippen LogP contribution is 2.89. The molecule has 9 bridgehead atoms. The Hall–Kier alpha value is -4.16. The van der Waals surface area contributed by atoms with Crippen LogP contribution in [0.4, 0.5) is 11.4 Å². The number of carbonyl (C=O) groups is 2. The number of nitro groups is 2. The smallest absolute Gasteiger partial charge is 0.339 e. The molecule has 12 heteroatoms. The molecule has 2 spiro atoms. The van der Waals surface area contributed by atoms with Gasteiger partial charge in [0.15, 0.2) is 0 Å². The number of hydrogen-bond donors (Lipinski definition) is 1. The molecule has 1 N–H and O–H groups in total. The van der Waals surface area contributed by atoms with Gasteiger partial charge in [0.2, 0.25) is 0 Å². The number of nitrogens with zero attached hydrogens (tertiary/aromatic N) is 3. The Morgan fingerprint density at radius 2 is 1.61 bits per heavy atom. The molecule has 12 atom stereocenters. The van der Waals surface area contributed by atoms with Gasteiger partial charge in [-0.05, 0) is 48.3 Å². The number of non-ortho nitro benzene ring substituents is 2. The average Bonchev–Trinajstić information content (AvgIpc) is 3.39. The number of nitro benzene ring substituents is 2. The van der Waals surface area contributed by atoms with Gasteiger partial charge in [-0.1, -0.05) is 32.1 Å². The summed E-state index contributed by atoms with van der Waals surface area (Å²) in [4.78, 5) is 51.6. The Kier molecular flexibility index (Phi) is 5.25. The van der Waals surface area contributed by atoms with E-state index in [0.29, 0.717) is 18.4 Å². The van der Waals surface area contributed by atoms with Crippen molar-refractivity contribution < 1.29 is 34.0 Å². The second kappa shape index (κ2) is 8.60. The van der Waals surface area contributed by atoms with Crippen molar-refractivity contribution in [3.8, 4) is 0 Å². The molecule has 11 rings (SSSR count). The number of esters is 2. The maximum Gasteiger partial charge on any atom is 0.339 e. The predicted molar refractivity (Wildman–Crippen MR) is 159 cm³/mol. The first-order chi connectivity index (χ1) is 21.9. The summed E-state index contributed by atoms with van der Waals surface area (Å²) in [5.41, 5.74) is -2.00. The van der Waals surface area contributed by atoms with Crippen LogP contribution in [0.5, 0.6) is 0 Å². The lowest BCUT2D eigenvalue weighted by atomic mass is 9.38. The monoisotopic (exact) mass is 627 g/mol. The minimum atomic E-state index is -1.10. The number of ether oxygens (including phenoxy) is 2. The van der Waals surface area contributed by atoms with Gasteiger partial charge in [0.25, 0.3) is 11.4 Å². The molecule has 3 aliphatic heterocycles. The standard InChI is InChI=1S/C34H33N3O9/c1-17-22-14-23-26-32-11-5-10-31(2)16-35(26)34(40,30(31)32)15-33(23,27(17)46-29(39)19-7-4-9-21(13-19)37(43)44)25(32)24(22)45-28(38)18-6-3-8-20(12-18)36(41)42/h3-4,6-9,12-13,22-27,30,40H,1,5,10-11,14-16H2,2H3/t22-,23-,24+,25+,26?,27-,30-,31+,32+,33-,34+/m1/s1. The van der Waals surface area contributed by atoms with Gasteiger partial charge in [-0.2, -0.15) is 0 Å². The minimum Gasteiger partial charge on any atom is -0.458 e. The summed E-state index contributed by atoms with van der Waals surface area (Å²) in [6.45, 7) is 7.48. The van der Waals surface area contributed by atoms with Crippen LogP contribution in [0.2, 0.25) is 0 Å². The van der Waals surface area contributed by atoms with E-state index in [4.69, 9.17) is 9.47 Å². The first kappa shape index (κ1) is 28.1. The molecule has 3 saturated heterocycles. The fourth-order valence-corrected chi connectivity index (χ4v) is 12.7. The van der Waals surface area contributed by atoms with Crippen LogP contribution < -0.4 is 0 Å². The van der Waals surface area contributed by atoms with E-state index in [-0.39, 0.29) is 63.0 Å². The third-order valence-electron chi connectivity index (χ3n) is 13.4. The molecule has 0 aromatic heterocycles. The van der Waals surface area contributed by atoms with Gasteiger partial charge >= 0.3 is 11.9 Å². The first-order valence-electron chi connectivity index (χ1n) is 16.0. The molecule has 46 heavy (non-hydrogen) atoms. The highest BCUT2D eigenvalue weighted by atomic mass is 16.6. The number of carbonyl (C=O) groups excluding carboxylic acids is 2. The van der Waals surface area contributed by atoms with E-state index in [0.717, 1.165) is 25.8 Å². The van der Waals surface area contributed by atoms with E-state index in [9.17, 15) is 34.9 Å². The van der Waals surface area contributed by atoms with Crippen LogP contribution in [0, 0.1) is 60.1 Å². The highest BCUT2D eigenvalue weighted by Gasteiger charge is 2.94.